The van der Waals surface area contributed by atoms with E-state index in [-0.39, 0.29) is 0 Å². The summed E-state index contributed by atoms with van der Waals surface area (Å²) < 4.78 is 9.05. The average molecular weight is 316 g/mol. The highest BCUT2D eigenvalue weighted by Crippen LogP contribution is 2.24. The molecule has 0 N–H and O–H groups in total. The fourth-order valence-corrected chi connectivity index (χ4v) is 2.87. The largest absolute Gasteiger partial charge is 0.461 e. The van der Waals surface area contributed by atoms with E-state index in [0.717, 1.165) is 22.3 Å². The lowest BCUT2D eigenvalue weighted by Crippen LogP contribution is -2.00. The Morgan fingerprint density at radius 2 is 1.92 bits per heavy atom. The lowest BCUT2D eigenvalue weighted by atomic mass is 10.2. The van der Waals surface area contributed by atoms with Crippen LogP contribution in [0.3, 0.4) is 0 Å². The molecule has 0 spiro atoms. The van der Waals surface area contributed by atoms with Crippen molar-refractivity contribution in [2.75, 3.05) is 0 Å². The van der Waals surface area contributed by atoms with Gasteiger partial charge in [0.2, 0.25) is 5.82 Å². The molecule has 0 bridgehead atoms. The molecule has 0 atom stereocenters. The molecule has 5 rings (SSSR count). The van der Waals surface area contributed by atoms with Gasteiger partial charge in [0, 0.05) is 0 Å². The topological polar surface area (TPSA) is 74.0 Å². The molecule has 24 heavy (non-hydrogen) atoms. The van der Waals surface area contributed by atoms with E-state index in [4.69, 9.17) is 4.42 Å². The summed E-state index contributed by atoms with van der Waals surface area (Å²) in [6, 6.07) is 11.7. The van der Waals surface area contributed by atoms with E-state index in [2.05, 4.69) is 20.3 Å². The van der Waals surface area contributed by atoms with Crippen molar-refractivity contribution in [3.05, 3.63) is 60.7 Å². The summed E-state index contributed by atoms with van der Waals surface area (Å²) in [5, 5.41) is 13.9. The van der Waals surface area contributed by atoms with Crippen molar-refractivity contribution >= 4 is 16.7 Å². The highest BCUT2D eigenvalue weighted by molar-refractivity contribution is 5.90. The molecule has 0 aliphatic rings. The lowest BCUT2D eigenvalue weighted by molar-refractivity contribution is 0.576. The van der Waals surface area contributed by atoms with Gasteiger partial charge in [-0.05, 0) is 30.7 Å². The van der Waals surface area contributed by atoms with Crippen LogP contribution < -0.4 is 0 Å². The van der Waals surface area contributed by atoms with E-state index < -0.39 is 0 Å². The average Bonchev–Trinajstić information content (AvgIpc) is 3.33. The van der Waals surface area contributed by atoms with E-state index in [1.54, 1.807) is 18.8 Å². The van der Waals surface area contributed by atoms with Crippen molar-refractivity contribution in [1.82, 2.24) is 29.4 Å². The second kappa shape index (κ2) is 4.76. The van der Waals surface area contributed by atoms with E-state index >= 15 is 0 Å². The van der Waals surface area contributed by atoms with Crippen LogP contribution in [0.4, 0.5) is 0 Å². The number of hydrogen-bond donors (Lipinski definition) is 0. The van der Waals surface area contributed by atoms with Gasteiger partial charge in [0.15, 0.2) is 17.1 Å². The third-order valence-corrected chi connectivity index (χ3v) is 4.06. The molecule has 0 aliphatic carbocycles. The fraction of sp³-hybridized carbons (Fsp3) is 0.0588. The standard InChI is InChI=1S/C17H12N6O/c1-11-5-2-3-6-13(11)23-15-12(9-19-23)16-20-21-17(22(16)10-18-15)14-7-4-8-24-14/h2-10H,1H3. The molecule has 116 valence electrons. The van der Waals surface area contributed by atoms with Crippen LogP contribution in [0.5, 0.6) is 0 Å². The number of rotatable bonds is 2. The number of benzene rings is 1. The molecular formula is C17H12N6O. The zero-order valence-corrected chi connectivity index (χ0v) is 12.8. The molecule has 0 saturated carbocycles. The van der Waals surface area contributed by atoms with Gasteiger partial charge in [-0.15, -0.1) is 10.2 Å². The molecule has 0 saturated heterocycles. The summed E-state index contributed by atoms with van der Waals surface area (Å²) in [6.45, 7) is 2.05. The predicted molar refractivity (Wildman–Crippen MR) is 87.8 cm³/mol. The summed E-state index contributed by atoms with van der Waals surface area (Å²) in [5.41, 5.74) is 3.57. The van der Waals surface area contributed by atoms with Crippen molar-refractivity contribution in [3.63, 3.8) is 0 Å². The van der Waals surface area contributed by atoms with Gasteiger partial charge in [0.05, 0.1) is 23.5 Å². The number of fused-ring (bicyclic) bond motifs is 3. The Morgan fingerprint density at radius 3 is 2.75 bits per heavy atom. The minimum Gasteiger partial charge on any atom is -0.461 e. The van der Waals surface area contributed by atoms with Crippen molar-refractivity contribution in [1.29, 1.82) is 0 Å². The monoisotopic (exact) mass is 316 g/mol. The smallest absolute Gasteiger partial charge is 0.205 e. The maximum absolute atomic E-state index is 5.42. The SMILES string of the molecule is Cc1ccccc1-n1ncc2c1ncn1c(-c3ccco3)nnc21. The van der Waals surface area contributed by atoms with Crippen molar-refractivity contribution in [2.45, 2.75) is 6.92 Å². The minimum atomic E-state index is 0.619. The van der Waals surface area contributed by atoms with Gasteiger partial charge >= 0.3 is 0 Å². The van der Waals surface area contributed by atoms with Gasteiger partial charge in [-0.25, -0.2) is 9.67 Å². The molecule has 0 amide bonds. The van der Waals surface area contributed by atoms with Crippen LogP contribution in [0.2, 0.25) is 0 Å². The quantitative estimate of drug-likeness (QED) is 0.500. The van der Waals surface area contributed by atoms with Gasteiger partial charge in [0.1, 0.15) is 6.33 Å². The summed E-state index contributed by atoms with van der Waals surface area (Å²) >= 11 is 0. The molecule has 4 aromatic heterocycles. The van der Waals surface area contributed by atoms with E-state index in [1.807, 2.05) is 52.4 Å². The summed E-state index contributed by atoms with van der Waals surface area (Å²) in [7, 11) is 0. The molecule has 0 fully saturated rings. The first-order valence-electron chi connectivity index (χ1n) is 7.50. The zero-order valence-electron chi connectivity index (χ0n) is 12.8. The van der Waals surface area contributed by atoms with Gasteiger partial charge in [-0.1, -0.05) is 18.2 Å². The molecule has 0 radical (unpaired) electrons. The Hall–Kier alpha value is -3.48. The first-order valence-corrected chi connectivity index (χ1v) is 7.50. The first-order chi connectivity index (χ1) is 11.8. The molecule has 4 heterocycles. The number of furan rings is 1. The van der Waals surface area contributed by atoms with Gasteiger partial charge < -0.3 is 4.42 Å². The minimum absolute atomic E-state index is 0.619. The van der Waals surface area contributed by atoms with Gasteiger partial charge in [-0.2, -0.15) is 5.10 Å². The predicted octanol–water partition coefficient (Wildman–Crippen LogP) is 3.03. The van der Waals surface area contributed by atoms with E-state index in [9.17, 15) is 0 Å². The molecule has 0 unspecified atom stereocenters. The molecule has 7 nitrogen and oxygen atoms in total. The molecule has 0 aliphatic heterocycles. The lowest BCUT2D eigenvalue weighted by Gasteiger charge is -2.06. The van der Waals surface area contributed by atoms with E-state index in [0.29, 0.717) is 17.2 Å². The molecule has 5 aromatic rings. The van der Waals surface area contributed by atoms with Crippen LogP contribution in [0.25, 0.3) is 34.0 Å². The number of para-hydroxylation sites is 1. The van der Waals surface area contributed by atoms with Crippen molar-refractivity contribution < 1.29 is 4.42 Å². The van der Waals surface area contributed by atoms with Crippen molar-refractivity contribution in [3.8, 4) is 17.3 Å². The summed E-state index contributed by atoms with van der Waals surface area (Å²) in [4.78, 5) is 4.57. The maximum Gasteiger partial charge on any atom is 0.205 e. The van der Waals surface area contributed by atoms with E-state index in [1.165, 1.54) is 0 Å². The van der Waals surface area contributed by atoms with Crippen LogP contribution >= 0.6 is 0 Å². The Balaban J connectivity index is 1.78. The third-order valence-electron chi connectivity index (χ3n) is 4.06. The Morgan fingerprint density at radius 1 is 1.00 bits per heavy atom. The Kier molecular flexibility index (Phi) is 2.58. The number of hydrogen-bond acceptors (Lipinski definition) is 5. The molecular weight excluding hydrogens is 304 g/mol. The Labute approximate surface area is 136 Å². The summed E-state index contributed by atoms with van der Waals surface area (Å²) in [6.07, 6.45) is 5.08. The van der Waals surface area contributed by atoms with Gasteiger partial charge in [0.25, 0.3) is 0 Å². The second-order valence-corrected chi connectivity index (χ2v) is 5.52. The summed E-state index contributed by atoms with van der Waals surface area (Å²) in [5.74, 6) is 1.27. The van der Waals surface area contributed by atoms with Crippen molar-refractivity contribution in [2.24, 2.45) is 0 Å². The van der Waals surface area contributed by atoms with Gasteiger partial charge in [-0.3, -0.25) is 4.40 Å². The molecule has 1 aromatic carbocycles. The van der Waals surface area contributed by atoms with Crippen LogP contribution in [0.15, 0.2) is 59.6 Å². The number of aryl methyl sites for hydroxylation is 1. The number of nitrogens with zero attached hydrogens (tertiary/aromatic N) is 6. The van der Waals surface area contributed by atoms with Crippen LogP contribution in [0, 0.1) is 6.92 Å². The normalized spacial score (nSPS) is 11.5. The third kappa shape index (κ3) is 1.72. The van der Waals surface area contributed by atoms with Crippen LogP contribution in [0.1, 0.15) is 5.56 Å². The zero-order chi connectivity index (χ0) is 16.1. The highest BCUT2D eigenvalue weighted by Gasteiger charge is 2.16. The molecule has 7 heteroatoms. The maximum atomic E-state index is 5.42. The van der Waals surface area contributed by atoms with Crippen LogP contribution in [-0.2, 0) is 0 Å². The second-order valence-electron chi connectivity index (χ2n) is 5.52. The number of aromatic nitrogens is 6. The Bertz CT molecular complexity index is 1170. The highest BCUT2D eigenvalue weighted by atomic mass is 16.3. The fourth-order valence-electron chi connectivity index (χ4n) is 2.87. The first kappa shape index (κ1) is 13.0. The van der Waals surface area contributed by atoms with Crippen LogP contribution in [-0.4, -0.2) is 29.4 Å².